The van der Waals surface area contributed by atoms with Gasteiger partial charge in [-0.05, 0) is 18.4 Å². The number of hydrogen-bond donors (Lipinski definition) is 0. The third kappa shape index (κ3) is 1.45. The van der Waals surface area contributed by atoms with E-state index < -0.39 is 0 Å². The second kappa shape index (κ2) is 4.14. The van der Waals surface area contributed by atoms with E-state index in [4.69, 9.17) is 0 Å². The number of fused-ring (bicyclic) bond motifs is 3. The highest BCUT2D eigenvalue weighted by molar-refractivity contribution is 6.17. The lowest BCUT2D eigenvalue weighted by Crippen LogP contribution is -2.38. The summed E-state index contributed by atoms with van der Waals surface area (Å²) in [6, 6.07) is 7.21. The van der Waals surface area contributed by atoms with E-state index in [0.717, 1.165) is 18.4 Å². The summed E-state index contributed by atoms with van der Waals surface area (Å²) in [5, 5.41) is 0. The molecule has 0 heterocycles. The topological polar surface area (TPSA) is 34.1 Å². The van der Waals surface area contributed by atoms with Crippen molar-refractivity contribution in [3.63, 3.8) is 0 Å². The Morgan fingerprint density at radius 3 is 2.40 bits per heavy atom. The van der Waals surface area contributed by atoms with Gasteiger partial charge in [0, 0.05) is 11.1 Å². The number of benzene rings is 1. The number of carbonyl (C=O) groups excluding carboxylic acids is 2. The largest absolute Gasteiger partial charge is 0.293 e. The Morgan fingerprint density at radius 2 is 1.60 bits per heavy atom. The first-order chi connectivity index (χ1) is 9.77. The standard InChI is InChI=1S/C18H14O2/c19-17-13-7-3-4-8-14(13)18(20)16-12-6-2-1-5-11(12)9-10-15(16)17/h1-4,7-10,15-16H,5-6H2/t15-,16+/m0/s1. The third-order valence-electron chi connectivity index (χ3n) is 4.54. The molecule has 4 rings (SSSR count). The van der Waals surface area contributed by atoms with E-state index in [9.17, 15) is 9.59 Å². The van der Waals surface area contributed by atoms with E-state index in [0.29, 0.717) is 11.1 Å². The van der Waals surface area contributed by atoms with Gasteiger partial charge in [0.25, 0.3) is 0 Å². The fraction of sp³-hybridized carbons (Fsp3) is 0.222. The van der Waals surface area contributed by atoms with E-state index in [1.807, 2.05) is 24.3 Å². The average Bonchev–Trinajstić information content (AvgIpc) is 2.51. The number of rotatable bonds is 0. The molecule has 0 spiro atoms. The van der Waals surface area contributed by atoms with Gasteiger partial charge in [0.1, 0.15) is 0 Å². The fourth-order valence-corrected chi connectivity index (χ4v) is 3.55. The predicted molar refractivity (Wildman–Crippen MR) is 76.6 cm³/mol. The van der Waals surface area contributed by atoms with Crippen LogP contribution >= 0.6 is 0 Å². The first-order valence-corrected chi connectivity index (χ1v) is 7.00. The molecule has 0 bridgehead atoms. The third-order valence-corrected chi connectivity index (χ3v) is 4.54. The van der Waals surface area contributed by atoms with Crippen LogP contribution in [0.3, 0.4) is 0 Å². The average molecular weight is 262 g/mol. The molecular formula is C18H14O2. The second-order valence-corrected chi connectivity index (χ2v) is 5.57. The van der Waals surface area contributed by atoms with Crippen molar-refractivity contribution in [1.82, 2.24) is 0 Å². The molecule has 0 saturated heterocycles. The van der Waals surface area contributed by atoms with Crippen LogP contribution < -0.4 is 0 Å². The van der Waals surface area contributed by atoms with Gasteiger partial charge in [-0.25, -0.2) is 0 Å². The first-order valence-electron chi connectivity index (χ1n) is 7.00. The van der Waals surface area contributed by atoms with Gasteiger partial charge in [-0.3, -0.25) is 9.59 Å². The van der Waals surface area contributed by atoms with Crippen molar-refractivity contribution in [3.05, 3.63) is 70.8 Å². The maximum atomic E-state index is 12.8. The minimum Gasteiger partial charge on any atom is -0.293 e. The molecule has 2 nitrogen and oxygen atoms in total. The Bertz CT molecular complexity index is 719. The Hall–Kier alpha value is -2.22. The molecule has 0 radical (unpaired) electrons. The van der Waals surface area contributed by atoms with E-state index in [-0.39, 0.29) is 23.4 Å². The monoisotopic (exact) mass is 262 g/mol. The van der Waals surface area contributed by atoms with Crippen LogP contribution in [0.25, 0.3) is 0 Å². The Kier molecular flexibility index (Phi) is 2.40. The molecule has 3 aliphatic carbocycles. The van der Waals surface area contributed by atoms with Gasteiger partial charge < -0.3 is 0 Å². The first kappa shape index (κ1) is 11.6. The van der Waals surface area contributed by atoms with Crippen molar-refractivity contribution >= 4 is 11.6 Å². The highest BCUT2D eigenvalue weighted by Gasteiger charge is 2.43. The highest BCUT2D eigenvalue weighted by Crippen LogP contribution is 2.42. The van der Waals surface area contributed by atoms with Gasteiger partial charge >= 0.3 is 0 Å². The van der Waals surface area contributed by atoms with Gasteiger partial charge in [0.15, 0.2) is 11.6 Å². The minimum atomic E-state index is -0.303. The molecule has 0 saturated carbocycles. The lowest BCUT2D eigenvalue weighted by Gasteiger charge is -2.35. The molecule has 2 heteroatoms. The summed E-state index contributed by atoms with van der Waals surface area (Å²) in [4.78, 5) is 25.4. The normalized spacial score (nSPS) is 27.2. The summed E-state index contributed by atoms with van der Waals surface area (Å²) in [6.07, 6.45) is 9.87. The zero-order valence-corrected chi connectivity index (χ0v) is 11.0. The van der Waals surface area contributed by atoms with Crippen LogP contribution in [0.5, 0.6) is 0 Å². The summed E-state index contributed by atoms with van der Waals surface area (Å²) >= 11 is 0. The second-order valence-electron chi connectivity index (χ2n) is 5.57. The van der Waals surface area contributed by atoms with Crippen molar-refractivity contribution in [3.8, 4) is 0 Å². The summed E-state index contributed by atoms with van der Waals surface area (Å²) in [6.45, 7) is 0. The van der Waals surface area contributed by atoms with E-state index in [1.165, 1.54) is 5.57 Å². The summed E-state index contributed by atoms with van der Waals surface area (Å²) < 4.78 is 0. The molecule has 1 aromatic carbocycles. The molecule has 0 unspecified atom stereocenters. The lowest BCUT2D eigenvalue weighted by molar-refractivity contribution is 0.0791. The van der Waals surface area contributed by atoms with Gasteiger partial charge in [-0.15, -0.1) is 0 Å². The maximum absolute atomic E-state index is 12.8. The van der Waals surface area contributed by atoms with Crippen LogP contribution in [-0.2, 0) is 0 Å². The number of allylic oxidation sites excluding steroid dienone is 6. The molecule has 2 atom stereocenters. The number of Topliss-reactive ketones (excluding diaryl/α,β-unsaturated/α-hetero) is 2. The van der Waals surface area contributed by atoms with Crippen molar-refractivity contribution in [2.24, 2.45) is 11.8 Å². The number of hydrogen-bond acceptors (Lipinski definition) is 2. The van der Waals surface area contributed by atoms with Crippen molar-refractivity contribution in [2.75, 3.05) is 0 Å². The summed E-state index contributed by atoms with van der Waals surface area (Å²) in [7, 11) is 0. The van der Waals surface area contributed by atoms with Crippen LogP contribution in [0.1, 0.15) is 33.6 Å². The van der Waals surface area contributed by atoms with Crippen LogP contribution in [0.15, 0.2) is 59.7 Å². The summed E-state index contributed by atoms with van der Waals surface area (Å²) in [5.74, 6) is -0.384. The van der Waals surface area contributed by atoms with E-state index in [2.05, 4.69) is 12.2 Å². The smallest absolute Gasteiger partial charge is 0.171 e. The predicted octanol–water partition coefficient (Wildman–Crippen LogP) is 3.51. The molecule has 1 aromatic rings. The SMILES string of the molecule is O=C1c2ccccc2C(=O)[C@H]2C=CC3=C(CC=CC3)[C@@H]12. The number of carbonyl (C=O) groups is 2. The van der Waals surface area contributed by atoms with Gasteiger partial charge in [-0.2, -0.15) is 0 Å². The lowest BCUT2D eigenvalue weighted by atomic mass is 9.66. The number of ketones is 2. The van der Waals surface area contributed by atoms with Crippen LogP contribution in [-0.4, -0.2) is 11.6 Å². The Morgan fingerprint density at radius 1 is 0.900 bits per heavy atom. The molecule has 0 amide bonds. The zero-order chi connectivity index (χ0) is 13.7. The van der Waals surface area contributed by atoms with Crippen molar-refractivity contribution in [1.29, 1.82) is 0 Å². The Balaban J connectivity index is 1.89. The van der Waals surface area contributed by atoms with Crippen LogP contribution in [0.4, 0.5) is 0 Å². The Labute approximate surface area is 117 Å². The molecule has 3 aliphatic rings. The molecule has 0 aliphatic heterocycles. The maximum Gasteiger partial charge on any atom is 0.171 e. The van der Waals surface area contributed by atoms with Gasteiger partial charge in [-0.1, -0.05) is 54.1 Å². The van der Waals surface area contributed by atoms with Gasteiger partial charge in [0.2, 0.25) is 0 Å². The molecular weight excluding hydrogens is 248 g/mol. The van der Waals surface area contributed by atoms with Crippen molar-refractivity contribution in [2.45, 2.75) is 12.8 Å². The van der Waals surface area contributed by atoms with E-state index in [1.54, 1.807) is 12.1 Å². The van der Waals surface area contributed by atoms with Crippen molar-refractivity contribution < 1.29 is 9.59 Å². The van der Waals surface area contributed by atoms with Crippen LogP contribution in [0.2, 0.25) is 0 Å². The summed E-state index contributed by atoms with van der Waals surface area (Å²) in [5.41, 5.74) is 3.54. The minimum absolute atomic E-state index is 0.0857. The molecule has 0 fully saturated rings. The van der Waals surface area contributed by atoms with E-state index >= 15 is 0 Å². The zero-order valence-electron chi connectivity index (χ0n) is 11.0. The molecule has 0 aromatic heterocycles. The van der Waals surface area contributed by atoms with Crippen LogP contribution in [0, 0.1) is 11.8 Å². The molecule has 0 N–H and O–H groups in total. The van der Waals surface area contributed by atoms with Gasteiger partial charge in [0.05, 0.1) is 11.8 Å². The highest BCUT2D eigenvalue weighted by atomic mass is 16.1. The molecule has 98 valence electrons. The quantitative estimate of drug-likeness (QED) is 0.670. The fourth-order valence-electron chi connectivity index (χ4n) is 3.55. The molecule has 20 heavy (non-hydrogen) atoms.